The quantitative estimate of drug-likeness (QED) is 0.861. The second kappa shape index (κ2) is 6.24. The van der Waals surface area contributed by atoms with Crippen LogP contribution in [0.25, 0.3) is 0 Å². The largest absolute Gasteiger partial charge is 0.392 e. The molecular weight excluding hydrogens is 224 g/mol. The van der Waals surface area contributed by atoms with Gasteiger partial charge in [-0.25, -0.2) is 0 Å². The lowest BCUT2D eigenvalue weighted by atomic mass is 9.98. The summed E-state index contributed by atoms with van der Waals surface area (Å²) in [5.41, 5.74) is 2.12. The summed E-state index contributed by atoms with van der Waals surface area (Å²) in [6.07, 6.45) is 0.157. The van der Waals surface area contributed by atoms with Gasteiger partial charge in [-0.3, -0.25) is 0 Å². The molecule has 90 valence electrons. The zero-order valence-corrected chi connectivity index (χ0v) is 10.8. The molecule has 0 amide bonds. The molecule has 0 aliphatic heterocycles. The van der Waals surface area contributed by atoms with Crippen LogP contribution < -0.4 is 0 Å². The van der Waals surface area contributed by atoms with Gasteiger partial charge in [-0.2, -0.15) is 0 Å². The molecule has 0 aromatic heterocycles. The number of methoxy groups -OCH3 is 1. The smallest absolute Gasteiger partial charge is 0.0628 e. The second-order valence-electron chi connectivity index (χ2n) is 4.30. The highest BCUT2D eigenvalue weighted by molar-refractivity contribution is 6.31. The number of aryl methyl sites for hydroxylation is 1. The van der Waals surface area contributed by atoms with Crippen LogP contribution in [-0.2, 0) is 11.2 Å². The average Bonchev–Trinajstić information content (AvgIpc) is 2.22. The van der Waals surface area contributed by atoms with Crippen LogP contribution in [0, 0.1) is 12.8 Å². The Hall–Kier alpha value is -0.570. The van der Waals surface area contributed by atoms with E-state index in [0.717, 1.165) is 16.1 Å². The van der Waals surface area contributed by atoms with Gasteiger partial charge in [0.15, 0.2) is 0 Å². The molecule has 0 radical (unpaired) electrons. The third-order valence-corrected chi connectivity index (χ3v) is 3.08. The number of aliphatic hydroxyl groups excluding tert-OH is 1. The van der Waals surface area contributed by atoms with Crippen LogP contribution in [0.5, 0.6) is 0 Å². The summed E-state index contributed by atoms with van der Waals surface area (Å²) in [5, 5.41) is 10.7. The molecule has 0 fully saturated rings. The van der Waals surface area contributed by atoms with Gasteiger partial charge in [-0.1, -0.05) is 30.7 Å². The van der Waals surface area contributed by atoms with Crippen molar-refractivity contribution in [3.8, 4) is 0 Å². The first-order valence-corrected chi connectivity index (χ1v) is 5.84. The maximum atomic E-state index is 9.96. The molecule has 0 bridgehead atoms. The molecule has 0 saturated carbocycles. The Bertz CT molecular complexity index is 339. The summed E-state index contributed by atoms with van der Waals surface area (Å²) in [4.78, 5) is 0. The summed E-state index contributed by atoms with van der Waals surface area (Å²) in [6, 6.07) is 5.90. The van der Waals surface area contributed by atoms with Gasteiger partial charge in [0.25, 0.3) is 0 Å². The molecule has 1 N–H and O–H groups in total. The standard InChI is InChI=1S/C13H19ClO2/c1-9-4-5-11(12(14)6-9)7-13(15)10(2)8-16-3/h4-6,10,13,15H,7-8H2,1-3H3. The van der Waals surface area contributed by atoms with E-state index in [1.807, 2.05) is 32.0 Å². The van der Waals surface area contributed by atoms with Crippen LogP contribution in [0.4, 0.5) is 0 Å². The average molecular weight is 243 g/mol. The minimum Gasteiger partial charge on any atom is -0.392 e. The molecule has 2 nitrogen and oxygen atoms in total. The van der Waals surface area contributed by atoms with E-state index in [-0.39, 0.29) is 5.92 Å². The number of ether oxygens (including phenoxy) is 1. The molecule has 0 saturated heterocycles. The van der Waals surface area contributed by atoms with Gasteiger partial charge in [0.1, 0.15) is 0 Å². The lowest BCUT2D eigenvalue weighted by Gasteiger charge is -2.18. The van der Waals surface area contributed by atoms with E-state index < -0.39 is 6.10 Å². The van der Waals surface area contributed by atoms with Gasteiger partial charge in [0, 0.05) is 24.5 Å². The van der Waals surface area contributed by atoms with Crippen LogP contribution in [0.2, 0.25) is 5.02 Å². The highest BCUT2D eigenvalue weighted by atomic mass is 35.5. The van der Waals surface area contributed by atoms with Crippen LogP contribution in [-0.4, -0.2) is 24.9 Å². The van der Waals surface area contributed by atoms with Crippen LogP contribution in [0.1, 0.15) is 18.1 Å². The first-order chi connectivity index (χ1) is 7.54. The van der Waals surface area contributed by atoms with E-state index in [2.05, 4.69) is 0 Å². The summed E-state index contributed by atoms with van der Waals surface area (Å²) in [5.74, 6) is 0.113. The van der Waals surface area contributed by atoms with E-state index in [0.29, 0.717) is 13.0 Å². The van der Waals surface area contributed by atoms with E-state index in [1.54, 1.807) is 7.11 Å². The minimum absolute atomic E-state index is 0.113. The van der Waals surface area contributed by atoms with Crippen molar-refractivity contribution in [3.63, 3.8) is 0 Å². The zero-order valence-electron chi connectivity index (χ0n) is 10.0. The molecule has 1 rings (SSSR count). The van der Waals surface area contributed by atoms with E-state index in [4.69, 9.17) is 16.3 Å². The van der Waals surface area contributed by atoms with Crippen LogP contribution >= 0.6 is 11.6 Å². The molecular formula is C13H19ClO2. The summed E-state index contributed by atoms with van der Waals surface area (Å²) < 4.78 is 5.02. The normalized spacial score (nSPS) is 14.8. The van der Waals surface area contributed by atoms with Gasteiger partial charge in [0.2, 0.25) is 0 Å². The number of aliphatic hydroxyl groups is 1. The highest BCUT2D eigenvalue weighted by Gasteiger charge is 2.15. The fourth-order valence-electron chi connectivity index (χ4n) is 1.62. The molecule has 16 heavy (non-hydrogen) atoms. The van der Waals surface area contributed by atoms with Crippen molar-refractivity contribution in [2.75, 3.05) is 13.7 Å². The zero-order chi connectivity index (χ0) is 12.1. The van der Waals surface area contributed by atoms with Gasteiger partial charge in [-0.15, -0.1) is 0 Å². The maximum absolute atomic E-state index is 9.96. The van der Waals surface area contributed by atoms with E-state index in [1.165, 1.54) is 0 Å². The molecule has 1 aromatic carbocycles. The highest BCUT2D eigenvalue weighted by Crippen LogP contribution is 2.21. The molecule has 2 atom stereocenters. The topological polar surface area (TPSA) is 29.5 Å². The molecule has 3 heteroatoms. The molecule has 0 aliphatic carbocycles. The van der Waals surface area contributed by atoms with E-state index >= 15 is 0 Å². The molecule has 2 unspecified atom stereocenters. The van der Waals surface area contributed by atoms with Crippen LogP contribution in [0.15, 0.2) is 18.2 Å². The third-order valence-electron chi connectivity index (χ3n) is 2.72. The Labute approximate surface area is 102 Å². The van der Waals surface area contributed by atoms with Crippen molar-refractivity contribution in [1.82, 2.24) is 0 Å². The summed E-state index contributed by atoms with van der Waals surface area (Å²) in [6.45, 7) is 4.53. The first-order valence-electron chi connectivity index (χ1n) is 5.46. The van der Waals surface area contributed by atoms with E-state index in [9.17, 15) is 5.11 Å². The van der Waals surface area contributed by atoms with Gasteiger partial charge in [0.05, 0.1) is 12.7 Å². The predicted molar refractivity (Wildman–Crippen MR) is 66.9 cm³/mol. The lowest BCUT2D eigenvalue weighted by molar-refractivity contribution is 0.0575. The minimum atomic E-state index is -0.417. The fourth-order valence-corrected chi connectivity index (χ4v) is 1.93. The Balaban J connectivity index is 2.65. The fraction of sp³-hybridized carbons (Fsp3) is 0.538. The van der Waals surface area contributed by atoms with Crippen molar-refractivity contribution in [1.29, 1.82) is 0 Å². The second-order valence-corrected chi connectivity index (χ2v) is 4.71. The van der Waals surface area contributed by atoms with Crippen LogP contribution in [0.3, 0.4) is 0 Å². The van der Waals surface area contributed by atoms with Crippen molar-refractivity contribution in [3.05, 3.63) is 34.3 Å². The van der Waals surface area contributed by atoms with Gasteiger partial charge < -0.3 is 9.84 Å². The van der Waals surface area contributed by atoms with Gasteiger partial charge >= 0.3 is 0 Å². The van der Waals surface area contributed by atoms with Gasteiger partial charge in [-0.05, 0) is 24.1 Å². The van der Waals surface area contributed by atoms with Crippen molar-refractivity contribution in [2.45, 2.75) is 26.4 Å². The molecule has 0 heterocycles. The third kappa shape index (κ3) is 3.78. The molecule has 0 aliphatic rings. The van der Waals surface area contributed by atoms with Crippen molar-refractivity contribution < 1.29 is 9.84 Å². The number of hydrogen-bond donors (Lipinski definition) is 1. The number of halogens is 1. The monoisotopic (exact) mass is 242 g/mol. The predicted octanol–water partition coefficient (Wildman–Crippen LogP) is 2.83. The summed E-state index contributed by atoms with van der Waals surface area (Å²) >= 11 is 6.11. The maximum Gasteiger partial charge on any atom is 0.0628 e. The number of rotatable bonds is 5. The Morgan fingerprint density at radius 2 is 2.12 bits per heavy atom. The Kier molecular flexibility index (Phi) is 5.26. The van der Waals surface area contributed by atoms with Crippen molar-refractivity contribution in [2.24, 2.45) is 5.92 Å². The lowest BCUT2D eigenvalue weighted by Crippen LogP contribution is -2.24. The first kappa shape index (κ1) is 13.5. The SMILES string of the molecule is COCC(C)C(O)Cc1ccc(C)cc1Cl. The molecule has 0 spiro atoms. The van der Waals surface area contributed by atoms with Crippen molar-refractivity contribution >= 4 is 11.6 Å². The Morgan fingerprint density at radius 1 is 1.44 bits per heavy atom. The molecule has 1 aromatic rings. The Morgan fingerprint density at radius 3 is 2.69 bits per heavy atom. The number of benzene rings is 1. The number of hydrogen-bond acceptors (Lipinski definition) is 2. The summed E-state index contributed by atoms with van der Waals surface area (Å²) in [7, 11) is 1.64.